The molecule has 5 heteroatoms. The van der Waals surface area contributed by atoms with E-state index in [-0.39, 0.29) is 5.82 Å². The fraction of sp³-hybridized carbons (Fsp3) is 0.417. The second-order valence-corrected chi connectivity index (χ2v) is 5.02. The fourth-order valence-electron chi connectivity index (χ4n) is 1.83. The van der Waals surface area contributed by atoms with E-state index in [1.807, 2.05) is 6.92 Å². The van der Waals surface area contributed by atoms with E-state index in [2.05, 4.69) is 20.9 Å². The second kappa shape index (κ2) is 4.74. The van der Waals surface area contributed by atoms with E-state index in [0.29, 0.717) is 24.7 Å². The summed E-state index contributed by atoms with van der Waals surface area (Å²) >= 11 is 3.33. The third-order valence-corrected chi connectivity index (χ3v) is 3.22. The van der Waals surface area contributed by atoms with Crippen molar-refractivity contribution in [2.75, 3.05) is 20.3 Å². The van der Waals surface area contributed by atoms with Crippen molar-refractivity contribution in [3.8, 4) is 0 Å². The van der Waals surface area contributed by atoms with Gasteiger partial charge in [0.15, 0.2) is 0 Å². The monoisotopic (exact) mass is 301 g/mol. The maximum atomic E-state index is 13.8. The Hall–Kier alpha value is -0.940. The molecule has 1 aliphatic rings. The first-order valence-electron chi connectivity index (χ1n) is 5.21. The van der Waals surface area contributed by atoms with Gasteiger partial charge in [-0.05, 0) is 25.1 Å². The summed E-state index contributed by atoms with van der Waals surface area (Å²) in [6.07, 6.45) is 0. The van der Waals surface area contributed by atoms with Gasteiger partial charge in [0.1, 0.15) is 18.0 Å². The summed E-state index contributed by atoms with van der Waals surface area (Å²) in [7, 11) is 1.53. The summed E-state index contributed by atoms with van der Waals surface area (Å²) in [5, 5.41) is 0. The predicted molar refractivity (Wildman–Crippen MR) is 66.7 cm³/mol. The van der Waals surface area contributed by atoms with Crippen LogP contribution in [-0.4, -0.2) is 26.2 Å². The van der Waals surface area contributed by atoms with Gasteiger partial charge in [0.05, 0.1) is 13.7 Å². The van der Waals surface area contributed by atoms with E-state index < -0.39 is 5.54 Å². The molecule has 0 N–H and O–H groups in total. The second-order valence-electron chi connectivity index (χ2n) is 4.10. The van der Waals surface area contributed by atoms with Crippen LogP contribution in [-0.2, 0) is 15.0 Å². The fourth-order valence-corrected chi connectivity index (χ4v) is 2.19. The molecule has 1 heterocycles. The molecule has 0 amide bonds. The van der Waals surface area contributed by atoms with Crippen LogP contribution in [0.5, 0.6) is 0 Å². The number of benzene rings is 1. The third-order valence-electron chi connectivity index (χ3n) is 2.72. The van der Waals surface area contributed by atoms with Crippen molar-refractivity contribution in [2.24, 2.45) is 4.99 Å². The molecule has 2 rings (SSSR count). The number of methoxy groups -OCH3 is 1. The van der Waals surface area contributed by atoms with E-state index in [0.717, 1.165) is 4.47 Å². The minimum Gasteiger partial charge on any atom is -0.483 e. The molecule has 0 radical (unpaired) electrons. The largest absolute Gasteiger partial charge is 0.483 e. The highest BCUT2D eigenvalue weighted by molar-refractivity contribution is 9.10. The van der Waals surface area contributed by atoms with Gasteiger partial charge in [0, 0.05) is 10.0 Å². The van der Waals surface area contributed by atoms with Gasteiger partial charge < -0.3 is 9.47 Å². The Morgan fingerprint density at radius 1 is 1.53 bits per heavy atom. The Kier molecular flexibility index (Phi) is 3.49. The van der Waals surface area contributed by atoms with Crippen molar-refractivity contribution in [3.63, 3.8) is 0 Å². The quantitative estimate of drug-likeness (QED) is 0.798. The van der Waals surface area contributed by atoms with Crippen molar-refractivity contribution in [1.82, 2.24) is 0 Å². The summed E-state index contributed by atoms with van der Waals surface area (Å²) < 4.78 is 25.1. The molecule has 1 atom stereocenters. The lowest BCUT2D eigenvalue weighted by Crippen LogP contribution is -2.35. The average molecular weight is 302 g/mol. The van der Waals surface area contributed by atoms with Crippen LogP contribution in [0.2, 0.25) is 0 Å². The maximum absolute atomic E-state index is 13.8. The molecule has 92 valence electrons. The van der Waals surface area contributed by atoms with Gasteiger partial charge in [-0.25, -0.2) is 9.38 Å². The lowest BCUT2D eigenvalue weighted by Gasteiger charge is -2.30. The number of aliphatic imine (C=N–C) groups is 1. The maximum Gasteiger partial charge on any atom is 0.210 e. The van der Waals surface area contributed by atoms with Gasteiger partial charge >= 0.3 is 0 Å². The van der Waals surface area contributed by atoms with Gasteiger partial charge in [-0.2, -0.15) is 0 Å². The smallest absolute Gasteiger partial charge is 0.210 e. The van der Waals surface area contributed by atoms with Crippen LogP contribution in [0, 0.1) is 5.82 Å². The average Bonchev–Trinajstić information content (AvgIpc) is 2.32. The Morgan fingerprint density at radius 2 is 2.29 bits per heavy atom. The molecule has 3 nitrogen and oxygen atoms in total. The predicted octanol–water partition coefficient (Wildman–Crippen LogP) is 2.88. The Bertz CT molecular complexity index is 464. The number of nitrogens with zero attached hydrogens (tertiary/aromatic N) is 1. The number of hydrogen-bond donors (Lipinski definition) is 0. The zero-order valence-corrected chi connectivity index (χ0v) is 11.3. The first kappa shape index (κ1) is 12.5. The SMILES string of the molecule is COC1=NC(C)(c2cc(Br)ccc2F)COC1. The summed E-state index contributed by atoms with van der Waals surface area (Å²) in [5.74, 6) is 0.193. The van der Waals surface area contributed by atoms with Crippen LogP contribution < -0.4 is 0 Å². The Balaban J connectivity index is 2.47. The first-order valence-corrected chi connectivity index (χ1v) is 6.00. The van der Waals surface area contributed by atoms with Gasteiger partial charge in [-0.1, -0.05) is 15.9 Å². The third kappa shape index (κ3) is 2.50. The van der Waals surface area contributed by atoms with Gasteiger partial charge in [-0.15, -0.1) is 0 Å². The minimum atomic E-state index is -0.739. The van der Waals surface area contributed by atoms with Crippen LogP contribution in [0.15, 0.2) is 27.7 Å². The van der Waals surface area contributed by atoms with E-state index in [1.165, 1.54) is 13.2 Å². The molecule has 0 fully saturated rings. The van der Waals surface area contributed by atoms with Crippen LogP contribution in [0.1, 0.15) is 12.5 Å². The molecular formula is C12H13BrFNO2. The Morgan fingerprint density at radius 3 is 3.00 bits per heavy atom. The number of hydrogen-bond acceptors (Lipinski definition) is 3. The highest BCUT2D eigenvalue weighted by atomic mass is 79.9. The van der Waals surface area contributed by atoms with Crippen molar-refractivity contribution < 1.29 is 13.9 Å². The number of ether oxygens (including phenoxy) is 2. The highest BCUT2D eigenvalue weighted by Gasteiger charge is 2.33. The van der Waals surface area contributed by atoms with Crippen molar-refractivity contribution >= 4 is 21.8 Å². The molecule has 0 saturated carbocycles. The van der Waals surface area contributed by atoms with E-state index >= 15 is 0 Å². The molecule has 0 bridgehead atoms. The van der Waals surface area contributed by atoms with E-state index in [4.69, 9.17) is 9.47 Å². The van der Waals surface area contributed by atoms with Crippen LogP contribution in [0.3, 0.4) is 0 Å². The molecule has 0 aromatic heterocycles. The van der Waals surface area contributed by atoms with Crippen molar-refractivity contribution in [1.29, 1.82) is 0 Å². The van der Waals surface area contributed by atoms with E-state index in [1.54, 1.807) is 12.1 Å². The molecular weight excluding hydrogens is 289 g/mol. The first-order chi connectivity index (χ1) is 8.05. The zero-order chi connectivity index (χ0) is 12.5. The molecule has 0 saturated heterocycles. The summed E-state index contributed by atoms with van der Waals surface area (Å²) in [4.78, 5) is 4.41. The molecule has 1 unspecified atom stereocenters. The van der Waals surface area contributed by atoms with Crippen molar-refractivity contribution in [2.45, 2.75) is 12.5 Å². The number of rotatable bonds is 1. The van der Waals surface area contributed by atoms with Gasteiger partial charge in [-0.3, -0.25) is 0 Å². The lowest BCUT2D eigenvalue weighted by atomic mass is 9.92. The minimum absolute atomic E-state index is 0.291. The highest BCUT2D eigenvalue weighted by Crippen LogP contribution is 2.32. The molecule has 17 heavy (non-hydrogen) atoms. The molecule has 1 aliphatic heterocycles. The molecule has 0 aliphatic carbocycles. The van der Waals surface area contributed by atoms with Crippen LogP contribution in [0.25, 0.3) is 0 Å². The summed E-state index contributed by atoms with van der Waals surface area (Å²) in [6.45, 7) is 2.50. The molecule has 1 aromatic rings. The summed E-state index contributed by atoms with van der Waals surface area (Å²) in [5.41, 5.74) is -0.238. The normalized spacial score (nSPS) is 24.4. The standard InChI is InChI=1S/C12H13BrFNO2/c1-12(7-17-6-11(15-12)16-2)9-5-8(13)3-4-10(9)14/h3-5H,6-7H2,1-2H3. The van der Waals surface area contributed by atoms with Crippen LogP contribution in [0.4, 0.5) is 4.39 Å². The number of halogens is 2. The zero-order valence-electron chi connectivity index (χ0n) is 9.67. The van der Waals surface area contributed by atoms with E-state index in [9.17, 15) is 4.39 Å². The Labute approximate surface area is 108 Å². The van der Waals surface area contributed by atoms with Crippen molar-refractivity contribution in [3.05, 3.63) is 34.1 Å². The summed E-state index contributed by atoms with van der Waals surface area (Å²) in [6, 6.07) is 4.80. The molecule has 1 aromatic carbocycles. The topological polar surface area (TPSA) is 30.8 Å². The lowest BCUT2D eigenvalue weighted by molar-refractivity contribution is 0.0883. The molecule has 0 spiro atoms. The van der Waals surface area contributed by atoms with Crippen LogP contribution >= 0.6 is 15.9 Å². The van der Waals surface area contributed by atoms with Gasteiger partial charge in [0.2, 0.25) is 5.90 Å². The van der Waals surface area contributed by atoms with Gasteiger partial charge in [0.25, 0.3) is 0 Å².